The molecule has 1 aromatic carbocycles. The van der Waals surface area contributed by atoms with Crippen LogP contribution in [-0.2, 0) is 0 Å². The summed E-state index contributed by atoms with van der Waals surface area (Å²) >= 11 is 0. The molecule has 0 spiro atoms. The summed E-state index contributed by atoms with van der Waals surface area (Å²) in [5.41, 5.74) is 2.48. The first kappa shape index (κ1) is 9.97. The molecule has 0 aliphatic heterocycles. The normalized spacial score (nSPS) is 13.5. The predicted octanol–water partition coefficient (Wildman–Crippen LogP) is 3.21. The highest BCUT2D eigenvalue weighted by Gasteiger charge is 1.91. The van der Waals surface area contributed by atoms with Crippen molar-refractivity contribution >= 4 is 6.21 Å². The zero-order valence-electron chi connectivity index (χ0n) is 8.62. The fourth-order valence-electron chi connectivity index (χ4n) is 0.971. The smallest absolute Gasteiger partial charge is 0.0469 e. The molecule has 13 heavy (non-hydrogen) atoms. The summed E-state index contributed by atoms with van der Waals surface area (Å²) in [7, 11) is 0. The Morgan fingerprint density at radius 1 is 1.31 bits per heavy atom. The second-order valence-corrected chi connectivity index (χ2v) is 3.45. The molecule has 0 saturated heterocycles. The third-order valence-corrected chi connectivity index (χ3v) is 2.15. The van der Waals surface area contributed by atoms with Crippen molar-refractivity contribution in [3.05, 3.63) is 35.4 Å². The van der Waals surface area contributed by atoms with Crippen LogP contribution in [0.1, 0.15) is 31.4 Å². The van der Waals surface area contributed by atoms with Gasteiger partial charge < -0.3 is 0 Å². The predicted molar refractivity (Wildman–Crippen MR) is 58.5 cm³/mol. The molecule has 0 aliphatic carbocycles. The first-order chi connectivity index (χ1) is 6.22. The lowest BCUT2D eigenvalue weighted by Crippen LogP contribution is -1.95. The topological polar surface area (TPSA) is 12.4 Å². The molecule has 0 N–H and O–H groups in total. The molecule has 0 radical (unpaired) electrons. The van der Waals surface area contributed by atoms with Crippen LogP contribution in [-0.4, -0.2) is 12.3 Å². The molecule has 0 fully saturated rings. The van der Waals surface area contributed by atoms with Crippen LogP contribution in [0.3, 0.4) is 0 Å². The van der Waals surface area contributed by atoms with Gasteiger partial charge in [0.2, 0.25) is 0 Å². The highest BCUT2D eigenvalue weighted by atomic mass is 14.7. The average molecular weight is 175 g/mol. The minimum Gasteiger partial charge on any atom is -0.290 e. The zero-order valence-corrected chi connectivity index (χ0v) is 8.62. The van der Waals surface area contributed by atoms with Gasteiger partial charge in [-0.15, -0.1) is 0 Å². The maximum Gasteiger partial charge on any atom is 0.0469 e. The average Bonchev–Trinajstić information content (AvgIpc) is 2.16. The molecule has 1 heteroatoms. The Labute approximate surface area is 80.5 Å². The van der Waals surface area contributed by atoms with Gasteiger partial charge in [-0.3, -0.25) is 4.99 Å². The summed E-state index contributed by atoms with van der Waals surface area (Å²) < 4.78 is 0. The van der Waals surface area contributed by atoms with Crippen molar-refractivity contribution in [1.29, 1.82) is 0 Å². The summed E-state index contributed by atoms with van der Waals surface area (Å²) in [6.45, 7) is 6.37. The minimum absolute atomic E-state index is 0.432. The number of rotatable bonds is 3. The number of aryl methyl sites for hydroxylation is 1. The standard InChI is InChI=1S/C12H17N/c1-4-11(3)13-9-12-7-5-10(2)6-8-12/h5-9,11H,4H2,1-3H3/t11-/m0/s1. The van der Waals surface area contributed by atoms with E-state index in [4.69, 9.17) is 0 Å². The van der Waals surface area contributed by atoms with Crippen LogP contribution < -0.4 is 0 Å². The van der Waals surface area contributed by atoms with E-state index in [0.29, 0.717) is 6.04 Å². The lowest BCUT2D eigenvalue weighted by Gasteiger charge is -2.00. The Morgan fingerprint density at radius 2 is 1.92 bits per heavy atom. The van der Waals surface area contributed by atoms with Crippen molar-refractivity contribution < 1.29 is 0 Å². The fraction of sp³-hybridized carbons (Fsp3) is 0.417. The molecule has 1 rings (SSSR count). The Balaban J connectivity index is 2.64. The van der Waals surface area contributed by atoms with E-state index in [1.807, 2.05) is 6.21 Å². The lowest BCUT2D eigenvalue weighted by molar-refractivity contribution is 0.720. The first-order valence-electron chi connectivity index (χ1n) is 4.82. The van der Waals surface area contributed by atoms with Gasteiger partial charge in [0.15, 0.2) is 0 Å². The fourth-order valence-corrected chi connectivity index (χ4v) is 0.971. The molecule has 1 nitrogen and oxygen atoms in total. The monoisotopic (exact) mass is 175 g/mol. The van der Waals surface area contributed by atoms with Gasteiger partial charge in [-0.05, 0) is 25.8 Å². The Hall–Kier alpha value is -1.11. The van der Waals surface area contributed by atoms with E-state index in [1.54, 1.807) is 0 Å². The minimum atomic E-state index is 0.432. The van der Waals surface area contributed by atoms with Crippen LogP contribution in [0.4, 0.5) is 0 Å². The molecule has 70 valence electrons. The number of aliphatic imine (C=N–C) groups is 1. The van der Waals surface area contributed by atoms with E-state index in [-0.39, 0.29) is 0 Å². The quantitative estimate of drug-likeness (QED) is 0.625. The molecule has 0 unspecified atom stereocenters. The molecule has 1 aromatic rings. The summed E-state index contributed by atoms with van der Waals surface area (Å²) in [5.74, 6) is 0. The van der Waals surface area contributed by atoms with Crippen molar-refractivity contribution in [2.45, 2.75) is 33.2 Å². The van der Waals surface area contributed by atoms with Gasteiger partial charge in [-0.2, -0.15) is 0 Å². The third-order valence-electron chi connectivity index (χ3n) is 2.15. The maximum atomic E-state index is 4.42. The molecular weight excluding hydrogens is 158 g/mol. The highest BCUT2D eigenvalue weighted by Crippen LogP contribution is 2.01. The van der Waals surface area contributed by atoms with Crippen LogP contribution >= 0.6 is 0 Å². The zero-order chi connectivity index (χ0) is 9.68. The van der Waals surface area contributed by atoms with Gasteiger partial charge >= 0.3 is 0 Å². The third kappa shape index (κ3) is 3.41. The molecule has 0 aromatic heterocycles. The molecule has 0 saturated carbocycles. The van der Waals surface area contributed by atoms with Crippen molar-refractivity contribution in [2.75, 3.05) is 0 Å². The summed E-state index contributed by atoms with van der Waals surface area (Å²) in [4.78, 5) is 4.42. The molecule has 0 amide bonds. The van der Waals surface area contributed by atoms with Gasteiger partial charge in [0.05, 0.1) is 0 Å². The van der Waals surface area contributed by atoms with Crippen molar-refractivity contribution in [2.24, 2.45) is 4.99 Å². The SMILES string of the molecule is CC[C@H](C)N=Cc1ccc(C)cc1. The number of hydrogen-bond acceptors (Lipinski definition) is 1. The van der Waals surface area contributed by atoms with Crippen LogP contribution in [0.5, 0.6) is 0 Å². The van der Waals surface area contributed by atoms with Gasteiger partial charge in [0.25, 0.3) is 0 Å². The maximum absolute atomic E-state index is 4.42. The van der Waals surface area contributed by atoms with Gasteiger partial charge in [-0.25, -0.2) is 0 Å². The lowest BCUT2D eigenvalue weighted by atomic mass is 10.2. The van der Waals surface area contributed by atoms with E-state index in [0.717, 1.165) is 6.42 Å². The second-order valence-electron chi connectivity index (χ2n) is 3.45. The van der Waals surface area contributed by atoms with Crippen LogP contribution in [0.2, 0.25) is 0 Å². The molecule has 0 bridgehead atoms. The van der Waals surface area contributed by atoms with Crippen molar-refractivity contribution in [1.82, 2.24) is 0 Å². The van der Waals surface area contributed by atoms with Crippen LogP contribution in [0.25, 0.3) is 0 Å². The van der Waals surface area contributed by atoms with Crippen LogP contribution in [0, 0.1) is 6.92 Å². The Kier molecular flexibility index (Phi) is 3.69. The van der Waals surface area contributed by atoms with Gasteiger partial charge in [0.1, 0.15) is 0 Å². The van der Waals surface area contributed by atoms with E-state index in [2.05, 4.69) is 50.0 Å². The number of nitrogens with zero attached hydrogens (tertiary/aromatic N) is 1. The van der Waals surface area contributed by atoms with Crippen molar-refractivity contribution in [3.8, 4) is 0 Å². The number of hydrogen-bond donors (Lipinski definition) is 0. The Morgan fingerprint density at radius 3 is 2.46 bits per heavy atom. The molecule has 0 aliphatic rings. The van der Waals surface area contributed by atoms with E-state index in [9.17, 15) is 0 Å². The largest absolute Gasteiger partial charge is 0.290 e. The van der Waals surface area contributed by atoms with E-state index >= 15 is 0 Å². The van der Waals surface area contributed by atoms with E-state index < -0.39 is 0 Å². The first-order valence-corrected chi connectivity index (χ1v) is 4.82. The van der Waals surface area contributed by atoms with Gasteiger partial charge in [0, 0.05) is 12.3 Å². The molecular formula is C12H17N. The molecule has 1 atom stereocenters. The van der Waals surface area contributed by atoms with Crippen molar-refractivity contribution in [3.63, 3.8) is 0 Å². The summed E-state index contributed by atoms with van der Waals surface area (Å²) in [6, 6.07) is 8.85. The second kappa shape index (κ2) is 4.80. The molecule has 0 heterocycles. The summed E-state index contributed by atoms with van der Waals surface area (Å²) in [6.07, 6.45) is 3.05. The van der Waals surface area contributed by atoms with Gasteiger partial charge in [-0.1, -0.05) is 36.8 Å². The number of benzene rings is 1. The highest BCUT2D eigenvalue weighted by molar-refractivity contribution is 5.79. The van der Waals surface area contributed by atoms with E-state index in [1.165, 1.54) is 11.1 Å². The summed E-state index contributed by atoms with van der Waals surface area (Å²) in [5, 5.41) is 0. The van der Waals surface area contributed by atoms with Crippen LogP contribution in [0.15, 0.2) is 29.3 Å². The Bertz CT molecular complexity index is 272.